The van der Waals surface area contributed by atoms with Crippen molar-refractivity contribution in [3.05, 3.63) is 29.7 Å². The van der Waals surface area contributed by atoms with Crippen LogP contribution in [0, 0.1) is 13.8 Å². The van der Waals surface area contributed by atoms with Crippen LogP contribution in [0.5, 0.6) is 0 Å². The number of rotatable bonds is 0. The zero-order valence-electron chi connectivity index (χ0n) is 7.07. The van der Waals surface area contributed by atoms with E-state index in [2.05, 4.69) is 15.0 Å². The average molecular weight is 159 g/mol. The van der Waals surface area contributed by atoms with Gasteiger partial charge in [-0.05, 0) is 25.5 Å². The number of aromatic nitrogens is 3. The molecule has 0 atom stereocenters. The van der Waals surface area contributed by atoms with Crippen molar-refractivity contribution in [3.63, 3.8) is 0 Å². The van der Waals surface area contributed by atoms with Crippen LogP contribution in [0.25, 0.3) is 11.2 Å². The Kier molecular flexibility index (Phi) is 1.50. The van der Waals surface area contributed by atoms with Gasteiger partial charge in [-0.1, -0.05) is 0 Å². The van der Waals surface area contributed by atoms with Crippen LogP contribution >= 0.6 is 0 Å². The highest BCUT2D eigenvalue weighted by atomic mass is 14.9. The monoisotopic (exact) mass is 159 g/mol. The van der Waals surface area contributed by atoms with Gasteiger partial charge >= 0.3 is 0 Å². The minimum atomic E-state index is 0.731. The van der Waals surface area contributed by atoms with Crippen molar-refractivity contribution in [3.8, 4) is 0 Å². The topological polar surface area (TPSA) is 38.7 Å². The maximum absolute atomic E-state index is 4.26. The van der Waals surface area contributed by atoms with E-state index in [-0.39, 0.29) is 0 Å². The van der Waals surface area contributed by atoms with Crippen LogP contribution in [0.3, 0.4) is 0 Å². The number of fused-ring (bicyclic) bond motifs is 1. The molecule has 12 heavy (non-hydrogen) atoms. The molecule has 0 aliphatic heterocycles. The number of hydrogen-bond acceptors (Lipinski definition) is 3. The molecule has 0 radical (unpaired) electrons. The van der Waals surface area contributed by atoms with Gasteiger partial charge in [-0.15, -0.1) is 0 Å². The molecule has 3 nitrogen and oxygen atoms in total. The van der Waals surface area contributed by atoms with Crippen molar-refractivity contribution in [2.24, 2.45) is 0 Å². The molecule has 0 saturated heterocycles. The molecular formula is C9H9N3. The summed E-state index contributed by atoms with van der Waals surface area (Å²) in [6.45, 7) is 3.92. The van der Waals surface area contributed by atoms with Crippen LogP contribution in [-0.4, -0.2) is 15.0 Å². The largest absolute Gasteiger partial charge is 0.251 e. The van der Waals surface area contributed by atoms with Gasteiger partial charge in [-0.25, -0.2) is 9.97 Å². The van der Waals surface area contributed by atoms with Gasteiger partial charge in [-0.2, -0.15) is 0 Å². The summed E-state index contributed by atoms with van der Waals surface area (Å²) < 4.78 is 0. The normalized spacial score (nSPS) is 10.5. The van der Waals surface area contributed by atoms with E-state index in [9.17, 15) is 0 Å². The predicted octanol–water partition coefficient (Wildman–Crippen LogP) is 1.64. The smallest absolute Gasteiger partial charge is 0.178 e. The van der Waals surface area contributed by atoms with E-state index in [1.165, 1.54) is 0 Å². The molecule has 0 amide bonds. The third kappa shape index (κ3) is 1.03. The molecule has 0 spiro atoms. The van der Waals surface area contributed by atoms with Gasteiger partial charge in [0.05, 0.1) is 5.69 Å². The Morgan fingerprint density at radius 3 is 2.83 bits per heavy atom. The lowest BCUT2D eigenvalue weighted by Crippen LogP contribution is -1.91. The fourth-order valence-corrected chi connectivity index (χ4v) is 1.13. The van der Waals surface area contributed by atoms with E-state index >= 15 is 0 Å². The van der Waals surface area contributed by atoms with E-state index in [4.69, 9.17) is 0 Å². The van der Waals surface area contributed by atoms with Gasteiger partial charge in [0.2, 0.25) is 0 Å². The van der Waals surface area contributed by atoms with Crippen LogP contribution in [0.4, 0.5) is 0 Å². The summed E-state index contributed by atoms with van der Waals surface area (Å²) >= 11 is 0. The Bertz CT molecular complexity index is 423. The Hall–Kier alpha value is -1.51. The lowest BCUT2D eigenvalue weighted by molar-refractivity contribution is 1.14. The first-order chi connectivity index (χ1) is 5.77. The second kappa shape index (κ2) is 2.52. The molecule has 2 rings (SSSR count). The number of hydrogen-bond donors (Lipinski definition) is 0. The molecule has 2 aromatic rings. The average Bonchev–Trinajstić information content (AvgIpc) is 2.04. The van der Waals surface area contributed by atoms with Crippen LogP contribution in [0.1, 0.15) is 11.3 Å². The third-order valence-electron chi connectivity index (χ3n) is 1.77. The van der Waals surface area contributed by atoms with Crippen molar-refractivity contribution in [1.29, 1.82) is 0 Å². The highest BCUT2D eigenvalue weighted by molar-refractivity contribution is 5.72. The number of pyridine rings is 1. The van der Waals surface area contributed by atoms with Crippen molar-refractivity contribution in [2.75, 3.05) is 0 Å². The maximum atomic E-state index is 4.26. The summed E-state index contributed by atoms with van der Waals surface area (Å²) in [4.78, 5) is 12.6. The Morgan fingerprint density at radius 2 is 2.00 bits per heavy atom. The molecule has 0 fully saturated rings. The first-order valence-electron chi connectivity index (χ1n) is 3.82. The minimum Gasteiger partial charge on any atom is -0.251 e. The van der Waals surface area contributed by atoms with E-state index in [1.54, 1.807) is 12.4 Å². The summed E-state index contributed by atoms with van der Waals surface area (Å²) in [5, 5.41) is 0. The van der Waals surface area contributed by atoms with Crippen molar-refractivity contribution >= 4 is 11.2 Å². The van der Waals surface area contributed by atoms with Crippen LogP contribution in [0.15, 0.2) is 18.5 Å². The van der Waals surface area contributed by atoms with E-state index in [0.717, 1.165) is 22.4 Å². The highest BCUT2D eigenvalue weighted by Gasteiger charge is 1.99. The molecule has 0 aromatic carbocycles. The van der Waals surface area contributed by atoms with E-state index in [0.29, 0.717) is 0 Å². The van der Waals surface area contributed by atoms with Gasteiger partial charge in [0.15, 0.2) is 5.65 Å². The molecule has 0 unspecified atom stereocenters. The maximum Gasteiger partial charge on any atom is 0.178 e. The highest BCUT2D eigenvalue weighted by Crippen LogP contribution is 2.10. The van der Waals surface area contributed by atoms with Gasteiger partial charge in [0, 0.05) is 12.4 Å². The number of aryl methyl sites for hydroxylation is 2. The fourth-order valence-electron chi connectivity index (χ4n) is 1.13. The molecule has 0 aliphatic rings. The molecule has 2 heterocycles. The summed E-state index contributed by atoms with van der Waals surface area (Å²) in [7, 11) is 0. The zero-order valence-corrected chi connectivity index (χ0v) is 7.07. The molecular weight excluding hydrogens is 150 g/mol. The Morgan fingerprint density at radius 1 is 1.17 bits per heavy atom. The van der Waals surface area contributed by atoms with Crippen LogP contribution in [0.2, 0.25) is 0 Å². The zero-order chi connectivity index (χ0) is 8.55. The standard InChI is InChI=1S/C9H9N3/c1-6-3-4-10-9-8(6)11-5-7(2)12-9/h3-5H,1-2H3. The molecule has 0 saturated carbocycles. The first kappa shape index (κ1) is 7.16. The van der Waals surface area contributed by atoms with Crippen LogP contribution in [-0.2, 0) is 0 Å². The van der Waals surface area contributed by atoms with Crippen molar-refractivity contribution in [2.45, 2.75) is 13.8 Å². The SMILES string of the molecule is Cc1cnc2c(C)ccnc2n1. The molecule has 2 aromatic heterocycles. The molecule has 3 heteroatoms. The van der Waals surface area contributed by atoms with Gasteiger partial charge in [-0.3, -0.25) is 4.98 Å². The van der Waals surface area contributed by atoms with Crippen molar-refractivity contribution in [1.82, 2.24) is 15.0 Å². The van der Waals surface area contributed by atoms with E-state index < -0.39 is 0 Å². The minimum absolute atomic E-state index is 0.731. The summed E-state index contributed by atoms with van der Waals surface area (Å²) in [5.41, 5.74) is 3.64. The summed E-state index contributed by atoms with van der Waals surface area (Å²) in [6.07, 6.45) is 3.52. The molecule has 0 aliphatic carbocycles. The fraction of sp³-hybridized carbons (Fsp3) is 0.222. The lowest BCUT2D eigenvalue weighted by atomic mass is 10.2. The summed E-state index contributed by atoms with van der Waals surface area (Å²) in [6, 6.07) is 1.94. The lowest BCUT2D eigenvalue weighted by Gasteiger charge is -1.98. The molecule has 0 bridgehead atoms. The van der Waals surface area contributed by atoms with Crippen LogP contribution < -0.4 is 0 Å². The first-order valence-corrected chi connectivity index (χ1v) is 3.82. The second-order valence-corrected chi connectivity index (χ2v) is 2.81. The third-order valence-corrected chi connectivity index (χ3v) is 1.77. The quantitative estimate of drug-likeness (QED) is 0.586. The van der Waals surface area contributed by atoms with Gasteiger partial charge in [0.1, 0.15) is 5.52 Å². The Balaban J connectivity index is 2.86. The summed E-state index contributed by atoms with van der Waals surface area (Å²) in [5.74, 6) is 0. The molecule has 0 N–H and O–H groups in total. The number of nitrogens with zero attached hydrogens (tertiary/aromatic N) is 3. The second-order valence-electron chi connectivity index (χ2n) is 2.81. The van der Waals surface area contributed by atoms with Crippen molar-refractivity contribution < 1.29 is 0 Å². The van der Waals surface area contributed by atoms with Gasteiger partial charge < -0.3 is 0 Å². The van der Waals surface area contributed by atoms with Gasteiger partial charge in [0.25, 0.3) is 0 Å². The van der Waals surface area contributed by atoms with E-state index in [1.807, 2.05) is 19.9 Å². The molecule has 60 valence electrons. The Labute approximate surface area is 70.5 Å². The predicted molar refractivity (Wildman–Crippen MR) is 46.8 cm³/mol.